The number of piperazine rings is 1. The maximum Gasteiger partial charge on any atom is 0.328 e. The summed E-state index contributed by atoms with van der Waals surface area (Å²) in [6, 6.07) is 15.6. The largest absolute Gasteiger partial charge is 0.484 e. The number of benzene rings is 2. The van der Waals surface area contributed by atoms with Gasteiger partial charge in [-0.3, -0.25) is 34.3 Å². The van der Waals surface area contributed by atoms with Gasteiger partial charge in [0.15, 0.2) is 6.61 Å². The van der Waals surface area contributed by atoms with Crippen LogP contribution in [0.25, 0.3) is 11.0 Å². The van der Waals surface area contributed by atoms with Crippen LogP contribution in [0.2, 0.25) is 0 Å². The van der Waals surface area contributed by atoms with E-state index in [1.54, 1.807) is 66.5 Å². The molecule has 3 aliphatic rings. The van der Waals surface area contributed by atoms with E-state index in [0.717, 1.165) is 42.4 Å². The van der Waals surface area contributed by atoms with Crippen molar-refractivity contribution in [1.29, 1.82) is 0 Å². The first-order valence-electron chi connectivity index (χ1n) is 18.7. The van der Waals surface area contributed by atoms with Gasteiger partial charge in [-0.05, 0) is 67.4 Å². The topological polar surface area (TPSA) is 174 Å². The highest BCUT2D eigenvalue weighted by atomic mass is 16.5. The van der Waals surface area contributed by atoms with Crippen LogP contribution in [0.1, 0.15) is 59.0 Å². The van der Waals surface area contributed by atoms with E-state index in [0.29, 0.717) is 74.5 Å². The molecule has 1 aliphatic carbocycles. The number of ether oxygens (including phenoxy) is 1. The number of nitrogens with zero attached hydrogens (tertiary/aromatic N) is 7. The van der Waals surface area contributed by atoms with Crippen LogP contribution in [0.3, 0.4) is 0 Å². The fourth-order valence-corrected chi connectivity index (χ4v) is 7.25. The fourth-order valence-electron chi connectivity index (χ4n) is 7.25. The molecule has 0 bridgehead atoms. The number of anilines is 3. The van der Waals surface area contributed by atoms with Crippen molar-refractivity contribution in [2.75, 3.05) is 76.7 Å². The summed E-state index contributed by atoms with van der Waals surface area (Å²) in [4.78, 5) is 78.6. The summed E-state index contributed by atoms with van der Waals surface area (Å²) in [6.45, 7) is 3.82. The summed E-state index contributed by atoms with van der Waals surface area (Å²) in [6.07, 6.45) is 6.26. The predicted molar refractivity (Wildman–Crippen MR) is 206 cm³/mol. The van der Waals surface area contributed by atoms with E-state index in [4.69, 9.17) is 9.72 Å². The molecule has 55 heavy (non-hydrogen) atoms. The molecular weight excluding hydrogens is 704 g/mol. The van der Waals surface area contributed by atoms with Gasteiger partial charge in [0.25, 0.3) is 17.7 Å². The van der Waals surface area contributed by atoms with Gasteiger partial charge < -0.3 is 29.7 Å². The summed E-state index contributed by atoms with van der Waals surface area (Å²) in [5.41, 5.74) is 3.27. The van der Waals surface area contributed by atoms with E-state index in [1.165, 1.54) is 4.90 Å². The van der Waals surface area contributed by atoms with Gasteiger partial charge in [0.05, 0.1) is 0 Å². The van der Waals surface area contributed by atoms with Crippen molar-refractivity contribution < 1.29 is 28.7 Å². The summed E-state index contributed by atoms with van der Waals surface area (Å²) in [5, 5.41) is 9.35. The van der Waals surface area contributed by atoms with Crippen LogP contribution >= 0.6 is 0 Å². The van der Waals surface area contributed by atoms with Crippen molar-refractivity contribution in [2.24, 2.45) is 0 Å². The zero-order valence-electron chi connectivity index (χ0n) is 31.1. The third-order valence-corrected chi connectivity index (χ3v) is 10.3. The minimum atomic E-state index is -0.455. The van der Waals surface area contributed by atoms with E-state index in [-0.39, 0.29) is 42.7 Å². The van der Waals surface area contributed by atoms with E-state index < -0.39 is 6.03 Å². The molecule has 2 aliphatic heterocycles. The zero-order chi connectivity index (χ0) is 38.5. The van der Waals surface area contributed by atoms with Crippen molar-refractivity contribution in [3.8, 4) is 5.75 Å². The lowest BCUT2D eigenvalue weighted by Crippen LogP contribution is -2.51. The molecule has 0 radical (unpaired) electrons. The van der Waals surface area contributed by atoms with Crippen LogP contribution in [-0.4, -0.2) is 125 Å². The lowest BCUT2D eigenvalue weighted by Gasteiger charge is -2.34. The Bertz CT molecular complexity index is 2050. The SMILES string of the molecule is CN(C)C(=O)c1cc2cnc(Nc3ccc(C(=O)NCCN4CCN(C(=O)COc5ccc(N6CCC(=O)NC6=O)cc5)CC4)cc3)nc2n1C1CCCC1. The number of nitrogens with one attached hydrogen (secondary N) is 3. The monoisotopic (exact) mass is 750 g/mol. The number of hydrogen-bond acceptors (Lipinski definition) is 10. The molecule has 2 aromatic carbocycles. The highest BCUT2D eigenvalue weighted by Gasteiger charge is 2.27. The average Bonchev–Trinajstić information content (AvgIpc) is 3.86. The number of urea groups is 1. The second kappa shape index (κ2) is 16.5. The number of amides is 6. The Balaban J connectivity index is 0.838. The summed E-state index contributed by atoms with van der Waals surface area (Å²) >= 11 is 0. The Labute approximate surface area is 318 Å². The molecular formula is C39H46N10O6. The molecule has 288 valence electrons. The summed E-state index contributed by atoms with van der Waals surface area (Å²) in [7, 11) is 3.51. The molecule has 4 heterocycles. The van der Waals surface area contributed by atoms with Crippen LogP contribution in [0.15, 0.2) is 60.8 Å². The first-order valence-corrected chi connectivity index (χ1v) is 18.7. The minimum absolute atomic E-state index is 0.0559. The van der Waals surface area contributed by atoms with E-state index in [1.807, 2.05) is 18.2 Å². The third-order valence-electron chi connectivity index (χ3n) is 10.3. The lowest BCUT2D eigenvalue weighted by molar-refractivity contribution is -0.135. The maximum atomic E-state index is 13.0. The second-order valence-electron chi connectivity index (χ2n) is 14.2. The summed E-state index contributed by atoms with van der Waals surface area (Å²) in [5.74, 6) is 0.293. The van der Waals surface area contributed by atoms with Gasteiger partial charge in [0.1, 0.15) is 17.1 Å². The molecule has 0 unspecified atom stereocenters. The Hall–Kier alpha value is -6.03. The van der Waals surface area contributed by atoms with Crippen LogP contribution in [0.4, 0.5) is 22.1 Å². The first-order chi connectivity index (χ1) is 26.6. The summed E-state index contributed by atoms with van der Waals surface area (Å²) < 4.78 is 7.79. The van der Waals surface area contributed by atoms with Crippen molar-refractivity contribution in [1.82, 2.24) is 39.9 Å². The Morgan fingerprint density at radius 1 is 0.945 bits per heavy atom. The molecule has 0 spiro atoms. The van der Waals surface area contributed by atoms with Gasteiger partial charge in [0.2, 0.25) is 11.9 Å². The molecule has 2 saturated heterocycles. The number of fused-ring (bicyclic) bond motifs is 1. The Morgan fingerprint density at radius 2 is 1.67 bits per heavy atom. The van der Waals surface area contributed by atoms with Crippen molar-refractivity contribution >= 4 is 58.0 Å². The first kappa shape index (κ1) is 37.3. The maximum absolute atomic E-state index is 13.0. The highest BCUT2D eigenvalue weighted by Crippen LogP contribution is 2.35. The van der Waals surface area contributed by atoms with Crippen LogP contribution in [0, 0.1) is 0 Å². The standard InChI is InChI=1S/C39H46N10O6/c1-45(2)37(53)32-23-27-24-41-38(44-35(27)49(32)30-5-3-4-6-30)42-28-9-7-26(8-10-28)36(52)40-16-18-46-19-21-47(22-20-46)34(51)25-55-31-13-11-29(12-14-31)48-17-15-33(50)43-39(48)54/h7-14,23-24,30H,3-6,15-22,25H2,1-2H3,(H,40,52)(H,41,42,44)(H,43,50,54). The molecule has 6 amide bonds. The van der Waals surface area contributed by atoms with Crippen LogP contribution in [-0.2, 0) is 9.59 Å². The third kappa shape index (κ3) is 8.70. The molecule has 4 aromatic rings. The van der Waals surface area contributed by atoms with E-state index >= 15 is 0 Å². The molecule has 1 saturated carbocycles. The smallest absolute Gasteiger partial charge is 0.328 e. The molecule has 16 heteroatoms. The number of carbonyl (C=O) groups is 5. The zero-order valence-corrected chi connectivity index (χ0v) is 31.1. The number of aromatic nitrogens is 3. The van der Waals surface area contributed by atoms with E-state index in [2.05, 4.69) is 30.4 Å². The van der Waals surface area contributed by atoms with Gasteiger partial charge in [-0.1, -0.05) is 12.8 Å². The quantitative estimate of drug-likeness (QED) is 0.195. The number of imide groups is 1. The second-order valence-corrected chi connectivity index (χ2v) is 14.2. The Morgan fingerprint density at radius 3 is 2.36 bits per heavy atom. The van der Waals surface area contributed by atoms with E-state index in [9.17, 15) is 24.0 Å². The van der Waals surface area contributed by atoms with Crippen LogP contribution < -0.4 is 25.6 Å². The fraction of sp³-hybridized carbons (Fsp3) is 0.410. The number of carbonyl (C=O) groups excluding carboxylic acids is 5. The van der Waals surface area contributed by atoms with Gasteiger partial charge in [0, 0.05) is 101 Å². The van der Waals surface area contributed by atoms with Gasteiger partial charge >= 0.3 is 6.03 Å². The predicted octanol–water partition coefficient (Wildman–Crippen LogP) is 3.39. The van der Waals surface area contributed by atoms with Gasteiger partial charge in [-0.15, -0.1) is 0 Å². The number of rotatable bonds is 12. The average molecular weight is 751 g/mol. The molecule has 3 N–H and O–H groups in total. The van der Waals surface area contributed by atoms with Crippen molar-refractivity contribution in [3.63, 3.8) is 0 Å². The van der Waals surface area contributed by atoms with Crippen molar-refractivity contribution in [3.05, 3.63) is 72.1 Å². The molecule has 3 fully saturated rings. The molecule has 2 aromatic heterocycles. The van der Waals surface area contributed by atoms with Gasteiger partial charge in [-0.25, -0.2) is 9.78 Å². The van der Waals surface area contributed by atoms with Crippen LogP contribution in [0.5, 0.6) is 5.75 Å². The molecule has 16 nitrogen and oxygen atoms in total. The highest BCUT2D eigenvalue weighted by molar-refractivity contribution is 6.05. The normalized spacial score (nSPS) is 16.6. The lowest BCUT2D eigenvalue weighted by atomic mass is 10.2. The van der Waals surface area contributed by atoms with Gasteiger partial charge in [-0.2, -0.15) is 4.98 Å². The number of hydrogen-bond donors (Lipinski definition) is 3. The van der Waals surface area contributed by atoms with Crippen molar-refractivity contribution in [2.45, 2.75) is 38.1 Å². The minimum Gasteiger partial charge on any atom is -0.484 e. The molecule has 7 rings (SSSR count). The molecule has 0 atom stereocenters. The Kier molecular flexibility index (Phi) is 11.2.